The third-order valence-electron chi connectivity index (χ3n) is 3.52. The molecule has 0 aliphatic rings. The Morgan fingerprint density at radius 1 is 1.12 bits per heavy atom. The first kappa shape index (κ1) is 20.6. The Balaban J connectivity index is 3.11. The lowest BCUT2D eigenvalue weighted by Gasteiger charge is -2.33. The van der Waals surface area contributed by atoms with Crippen LogP contribution in [-0.2, 0) is 10.0 Å². The van der Waals surface area contributed by atoms with Crippen LogP contribution in [0.5, 0.6) is 0 Å². The Morgan fingerprint density at radius 3 is 2.21 bits per heavy atom. The van der Waals surface area contributed by atoms with Crippen LogP contribution in [0.1, 0.15) is 63.9 Å². The summed E-state index contributed by atoms with van der Waals surface area (Å²) in [6, 6.07) is 4.62. The van der Waals surface area contributed by atoms with Crippen LogP contribution >= 0.6 is 0 Å². The first-order valence-corrected chi connectivity index (χ1v) is 9.68. The van der Waals surface area contributed by atoms with Gasteiger partial charge in [-0.2, -0.15) is 0 Å². The predicted octanol–water partition coefficient (Wildman–Crippen LogP) is 3.24. The minimum Gasteiger partial charge on any atom is -0.347 e. The molecule has 0 unspecified atom stereocenters. The van der Waals surface area contributed by atoms with Gasteiger partial charge in [0.05, 0.1) is 4.90 Å². The largest absolute Gasteiger partial charge is 0.347 e. The second kappa shape index (κ2) is 7.23. The highest BCUT2D eigenvalue weighted by Gasteiger charge is 2.28. The summed E-state index contributed by atoms with van der Waals surface area (Å²) in [5.41, 5.74) is 0.811. The van der Waals surface area contributed by atoms with E-state index in [2.05, 4.69) is 30.8 Å². The van der Waals surface area contributed by atoms with Gasteiger partial charge in [-0.3, -0.25) is 4.79 Å². The van der Waals surface area contributed by atoms with Crippen LogP contribution < -0.4 is 10.0 Å². The fourth-order valence-corrected chi connectivity index (χ4v) is 4.10. The minimum absolute atomic E-state index is 0.0715. The third kappa shape index (κ3) is 5.91. The highest BCUT2D eigenvalue weighted by atomic mass is 32.2. The summed E-state index contributed by atoms with van der Waals surface area (Å²) < 4.78 is 26.7. The zero-order chi connectivity index (χ0) is 18.8. The summed E-state index contributed by atoms with van der Waals surface area (Å²) in [5, 5.41) is 3.03. The van der Waals surface area contributed by atoms with Gasteiger partial charge in [-0.1, -0.05) is 33.8 Å². The SMILES string of the molecule is CCNS(=O)(=O)c1ccc(C)c(C(=O)NC(C)(C)CC(C)(C)C)c1. The lowest BCUT2D eigenvalue weighted by Crippen LogP contribution is -2.46. The van der Waals surface area contributed by atoms with Gasteiger partial charge in [0, 0.05) is 17.6 Å². The normalized spacial score (nSPS) is 13.0. The van der Waals surface area contributed by atoms with E-state index in [4.69, 9.17) is 0 Å². The average molecular weight is 355 g/mol. The molecule has 0 fully saturated rings. The Kier molecular flexibility index (Phi) is 6.22. The predicted molar refractivity (Wildman–Crippen MR) is 97.7 cm³/mol. The quantitative estimate of drug-likeness (QED) is 0.823. The van der Waals surface area contributed by atoms with Gasteiger partial charge < -0.3 is 5.32 Å². The smallest absolute Gasteiger partial charge is 0.252 e. The van der Waals surface area contributed by atoms with Crippen molar-refractivity contribution in [1.29, 1.82) is 0 Å². The molecular weight excluding hydrogens is 324 g/mol. The maximum atomic E-state index is 12.7. The van der Waals surface area contributed by atoms with Crippen LogP contribution in [0.25, 0.3) is 0 Å². The maximum absolute atomic E-state index is 12.7. The second-order valence-electron chi connectivity index (χ2n) is 8.05. The summed E-state index contributed by atoms with van der Waals surface area (Å²) >= 11 is 0. The Morgan fingerprint density at radius 2 is 1.71 bits per heavy atom. The first-order chi connectivity index (χ1) is 10.8. The van der Waals surface area contributed by atoms with Crippen molar-refractivity contribution in [1.82, 2.24) is 10.0 Å². The zero-order valence-corrected chi connectivity index (χ0v) is 16.6. The van der Waals surface area contributed by atoms with E-state index < -0.39 is 15.6 Å². The first-order valence-electron chi connectivity index (χ1n) is 8.20. The number of carbonyl (C=O) groups is 1. The van der Waals surface area contributed by atoms with Crippen molar-refractivity contribution in [3.05, 3.63) is 29.3 Å². The zero-order valence-electron chi connectivity index (χ0n) is 15.8. The van der Waals surface area contributed by atoms with Crippen LogP contribution in [0.15, 0.2) is 23.1 Å². The van der Waals surface area contributed by atoms with Crippen LogP contribution in [0.4, 0.5) is 0 Å². The van der Waals surface area contributed by atoms with E-state index in [0.29, 0.717) is 12.1 Å². The van der Waals surface area contributed by atoms with Gasteiger partial charge >= 0.3 is 0 Å². The fourth-order valence-electron chi connectivity index (χ4n) is 3.03. The summed E-state index contributed by atoms with van der Waals surface area (Å²) in [6.45, 7) is 14.1. The molecule has 1 rings (SSSR count). The highest BCUT2D eigenvalue weighted by molar-refractivity contribution is 7.89. The Labute approximate surface area is 146 Å². The summed E-state index contributed by atoms with van der Waals surface area (Å²) in [7, 11) is -3.59. The monoisotopic (exact) mass is 354 g/mol. The van der Waals surface area contributed by atoms with Crippen molar-refractivity contribution in [2.24, 2.45) is 5.41 Å². The van der Waals surface area contributed by atoms with Gasteiger partial charge in [0.2, 0.25) is 10.0 Å². The van der Waals surface area contributed by atoms with Crippen molar-refractivity contribution >= 4 is 15.9 Å². The van der Waals surface area contributed by atoms with E-state index >= 15 is 0 Å². The topological polar surface area (TPSA) is 75.3 Å². The Hall–Kier alpha value is -1.40. The number of sulfonamides is 1. The van der Waals surface area contributed by atoms with E-state index in [9.17, 15) is 13.2 Å². The van der Waals surface area contributed by atoms with Gasteiger partial charge in [0.1, 0.15) is 0 Å². The molecular formula is C18H30N2O3S. The van der Waals surface area contributed by atoms with Crippen LogP contribution in [0.3, 0.4) is 0 Å². The maximum Gasteiger partial charge on any atom is 0.252 e. The number of nitrogens with one attached hydrogen (secondary N) is 2. The van der Waals surface area contributed by atoms with E-state index in [1.807, 2.05) is 13.8 Å². The van der Waals surface area contributed by atoms with E-state index in [-0.39, 0.29) is 16.2 Å². The lowest BCUT2D eigenvalue weighted by atomic mass is 9.81. The summed E-state index contributed by atoms with van der Waals surface area (Å²) in [4.78, 5) is 12.8. The highest BCUT2D eigenvalue weighted by Crippen LogP contribution is 2.27. The molecule has 5 nitrogen and oxygen atoms in total. The second-order valence-corrected chi connectivity index (χ2v) is 9.82. The number of hydrogen-bond donors (Lipinski definition) is 2. The molecule has 2 N–H and O–H groups in total. The van der Waals surface area contributed by atoms with Crippen molar-refractivity contribution < 1.29 is 13.2 Å². The lowest BCUT2D eigenvalue weighted by molar-refractivity contribution is 0.0890. The van der Waals surface area contributed by atoms with E-state index in [1.165, 1.54) is 12.1 Å². The van der Waals surface area contributed by atoms with E-state index in [0.717, 1.165) is 12.0 Å². The number of aryl methyl sites for hydroxylation is 1. The van der Waals surface area contributed by atoms with Crippen LogP contribution in [0, 0.1) is 12.3 Å². The summed E-state index contributed by atoms with van der Waals surface area (Å²) in [5.74, 6) is -0.254. The molecule has 0 heterocycles. The molecule has 136 valence electrons. The van der Waals surface area contributed by atoms with Gasteiger partial charge in [-0.15, -0.1) is 0 Å². The number of amides is 1. The number of carbonyl (C=O) groups excluding carboxylic acids is 1. The molecule has 0 aliphatic heterocycles. The molecule has 1 aromatic rings. The van der Waals surface area contributed by atoms with Crippen LogP contribution in [-0.4, -0.2) is 26.4 Å². The average Bonchev–Trinajstić information content (AvgIpc) is 2.34. The molecule has 1 aromatic carbocycles. The van der Waals surface area contributed by atoms with Crippen LogP contribution in [0.2, 0.25) is 0 Å². The van der Waals surface area contributed by atoms with Crippen molar-refractivity contribution in [2.45, 2.75) is 65.3 Å². The molecule has 0 atom stereocenters. The fraction of sp³-hybridized carbons (Fsp3) is 0.611. The molecule has 6 heteroatoms. The molecule has 0 saturated carbocycles. The van der Waals surface area contributed by atoms with Gasteiger partial charge in [-0.25, -0.2) is 13.1 Å². The molecule has 0 aliphatic carbocycles. The van der Waals surface area contributed by atoms with Crippen molar-refractivity contribution in [2.75, 3.05) is 6.54 Å². The minimum atomic E-state index is -3.59. The van der Waals surface area contributed by atoms with Gasteiger partial charge in [0.15, 0.2) is 0 Å². The molecule has 0 radical (unpaired) electrons. The standard InChI is InChI=1S/C18H30N2O3S/c1-8-19-24(22,23)14-10-9-13(2)15(11-14)16(21)20-18(6,7)12-17(3,4)5/h9-11,19H,8,12H2,1-7H3,(H,20,21). The number of benzene rings is 1. The third-order valence-corrected chi connectivity index (χ3v) is 5.07. The number of hydrogen-bond acceptors (Lipinski definition) is 3. The molecule has 0 bridgehead atoms. The molecule has 1 amide bonds. The van der Waals surface area contributed by atoms with Gasteiger partial charge in [0.25, 0.3) is 5.91 Å². The molecule has 24 heavy (non-hydrogen) atoms. The number of rotatable bonds is 6. The van der Waals surface area contributed by atoms with Gasteiger partial charge in [-0.05, 0) is 50.3 Å². The Bertz CT molecular complexity index is 701. The molecule has 0 aromatic heterocycles. The summed E-state index contributed by atoms with van der Waals surface area (Å²) in [6.07, 6.45) is 0.806. The molecule has 0 spiro atoms. The van der Waals surface area contributed by atoms with Crippen molar-refractivity contribution in [3.63, 3.8) is 0 Å². The van der Waals surface area contributed by atoms with E-state index in [1.54, 1.807) is 19.9 Å². The van der Waals surface area contributed by atoms with Crippen molar-refractivity contribution in [3.8, 4) is 0 Å². The molecule has 0 saturated heterocycles.